The maximum Gasteiger partial charge on any atom is 0.275 e. The molecule has 18 heavy (non-hydrogen) atoms. The molecule has 98 valence electrons. The average Bonchev–Trinajstić information content (AvgIpc) is 2.84. The van der Waals surface area contributed by atoms with E-state index in [0.717, 1.165) is 19.4 Å². The van der Waals surface area contributed by atoms with E-state index in [1.165, 1.54) is 6.07 Å². The van der Waals surface area contributed by atoms with Crippen LogP contribution in [0.5, 0.6) is 0 Å². The Hall–Kier alpha value is -1.17. The van der Waals surface area contributed by atoms with Crippen molar-refractivity contribution in [3.63, 3.8) is 0 Å². The predicted molar refractivity (Wildman–Crippen MR) is 68.8 cm³/mol. The molecule has 1 unspecified atom stereocenters. The van der Waals surface area contributed by atoms with Crippen LogP contribution in [0.1, 0.15) is 18.4 Å². The van der Waals surface area contributed by atoms with E-state index in [1.54, 1.807) is 12.1 Å². The maximum atomic E-state index is 10.9. The third-order valence-electron chi connectivity index (χ3n) is 2.99. The minimum atomic E-state index is -0.408. The topological polar surface area (TPSA) is 64.4 Å². The highest BCUT2D eigenvalue weighted by Gasteiger charge is 2.18. The number of hydrogen-bond donors (Lipinski definition) is 1. The van der Waals surface area contributed by atoms with Crippen LogP contribution in [-0.4, -0.2) is 24.2 Å². The first-order valence-electron chi connectivity index (χ1n) is 5.92. The molecule has 1 heterocycles. The molecule has 5 nitrogen and oxygen atoms in total. The molecule has 0 bridgehead atoms. The van der Waals surface area contributed by atoms with Crippen LogP contribution in [0.25, 0.3) is 0 Å². The van der Waals surface area contributed by atoms with E-state index in [4.69, 9.17) is 16.3 Å². The van der Waals surface area contributed by atoms with Gasteiger partial charge in [0.2, 0.25) is 0 Å². The number of hydrogen-bond acceptors (Lipinski definition) is 4. The molecule has 0 spiro atoms. The number of nitro benzene ring substituents is 1. The van der Waals surface area contributed by atoms with E-state index >= 15 is 0 Å². The van der Waals surface area contributed by atoms with Gasteiger partial charge in [-0.25, -0.2) is 0 Å². The molecule has 1 aromatic carbocycles. The summed E-state index contributed by atoms with van der Waals surface area (Å²) in [6, 6.07) is 4.72. The second-order valence-electron chi connectivity index (χ2n) is 4.26. The van der Waals surface area contributed by atoms with Gasteiger partial charge in [0.1, 0.15) is 0 Å². The zero-order valence-electron chi connectivity index (χ0n) is 9.89. The SMILES string of the molecule is O=[N+]([O-])c1cccc(Cl)c1CNCC1CCCO1. The lowest BCUT2D eigenvalue weighted by Crippen LogP contribution is -2.26. The van der Waals surface area contributed by atoms with Crippen molar-refractivity contribution < 1.29 is 9.66 Å². The van der Waals surface area contributed by atoms with Crippen molar-refractivity contribution in [2.75, 3.05) is 13.2 Å². The lowest BCUT2D eigenvalue weighted by molar-refractivity contribution is -0.385. The average molecular weight is 271 g/mol. The van der Waals surface area contributed by atoms with Crippen molar-refractivity contribution in [2.24, 2.45) is 0 Å². The Bertz CT molecular complexity index is 433. The van der Waals surface area contributed by atoms with Gasteiger partial charge in [-0.05, 0) is 18.9 Å². The quantitative estimate of drug-likeness (QED) is 0.660. The summed E-state index contributed by atoms with van der Waals surface area (Å²) in [4.78, 5) is 10.5. The lowest BCUT2D eigenvalue weighted by atomic mass is 10.1. The molecule has 1 fully saturated rings. The van der Waals surface area contributed by atoms with Crippen molar-refractivity contribution in [3.8, 4) is 0 Å². The molecule has 0 aliphatic carbocycles. The standard InChI is InChI=1S/C12H15ClN2O3/c13-11-4-1-5-12(15(16)17)10(11)8-14-7-9-3-2-6-18-9/h1,4-5,9,14H,2-3,6-8H2. The first-order chi connectivity index (χ1) is 8.68. The van der Waals surface area contributed by atoms with Gasteiger partial charge < -0.3 is 10.1 Å². The minimum Gasteiger partial charge on any atom is -0.377 e. The number of halogens is 1. The Morgan fingerprint density at radius 2 is 2.39 bits per heavy atom. The van der Waals surface area contributed by atoms with Gasteiger partial charge in [-0.1, -0.05) is 17.7 Å². The van der Waals surface area contributed by atoms with Crippen LogP contribution in [0, 0.1) is 10.1 Å². The molecule has 2 rings (SSSR count). The van der Waals surface area contributed by atoms with Crippen molar-refractivity contribution >= 4 is 17.3 Å². The lowest BCUT2D eigenvalue weighted by Gasteiger charge is -2.11. The van der Waals surface area contributed by atoms with Gasteiger partial charge in [-0.2, -0.15) is 0 Å². The van der Waals surface area contributed by atoms with E-state index in [-0.39, 0.29) is 11.8 Å². The second kappa shape index (κ2) is 6.13. The number of rotatable bonds is 5. The largest absolute Gasteiger partial charge is 0.377 e. The zero-order valence-corrected chi connectivity index (χ0v) is 10.7. The summed E-state index contributed by atoms with van der Waals surface area (Å²) in [5.74, 6) is 0. The fourth-order valence-corrected chi connectivity index (χ4v) is 2.29. The fraction of sp³-hybridized carbons (Fsp3) is 0.500. The molecule has 1 aliphatic heterocycles. The van der Waals surface area contributed by atoms with Crippen LogP contribution in [0.15, 0.2) is 18.2 Å². The molecule has 1 aliphatic rings. The Morgan fingerprint density at radius 1 is 1.56 bits per heavy atom. The van der Waals surface area contributed by atoms with Crippen molar-refractivity contribution in [1.29, 1.82) is 0 Å². The molecule has 1 aromatic rings. The Labute approximate surface area is 110 Å². The predicted octanol–water partition coefficient (Wildman–Crippen LogP) is 2.52. The summed E-state index contributed by atoms with van der Waals surface area (Å²) in [6.45, 7) is 1.89. The molecule has 0 amide bonds. The van der Waals surface area contributed by atoms with Crippen LogP contribution in [0.2, 0.25) is 5.02 Å². The number of benzene rings is 1. The molecule has 0 aromatic heterocycles. The van der Waals surface area contributed by atoms with Gasteiger partial charge >= 0.3 is 0 Å². The van der Waals surface area contributed by atoms with Gasteiger partial charge in [-0.15, -0.1) is 0 Å². The summed E-state index contributed by atoms with van der Waals surface area (Å²) >= 11 is 5.99. The normalized spacial score (nSPS) is 19.1. The Morgan fingerprint density at radius 3 is 3.06 bits per heavy atom. The molecule has 1 N–H and O–H groups in total. The monoisotopic (exact) mass is 270 g/mol. The summed E-state index contributed by atoms with van der Waals surface area (Å²) in [6.07, 6.45) is 2.34. The summed E-state index contributed by atoms with van der Waals surface area (Å²) in [5.41, 5.74) is 0.588. The molecular weight excluding hydrogens is 256 g/mol. The van der Waals surface area contributed by atoms with Crippen LogP contribution in [0.3, 0.4) is 0 Å². The molecule has 1 saturated heterocycles. The minimum absolute atomic E-state index is 0.0577. The van der Waals surface area contributed by atoms with E-state index < -0.39 is 4.92 Å². The van der Waals surface area contributed by atoms with Crippen LogP contribution < -0.4 is 5.32 Å². The highest BCUT2D eigenvalue weighted by atomic mass is 35.5. The smallest absolute Gasteiger partial charge is 0.275 e. The van der Waals surface area contributed by atoms with E-state index in [1.807, 2.05) is 0 Å². The van der Waals surface area contributed by atoms with Gasteiger partial charge in [0, 0.05) is 25.8 Å². The van der Waals surface area contributed by atoms with Gasteiger partial charge in [0.15, 0.2) is 0 Å². The third-order valence-corrected chi connectivity index (χ3v) is 3.34. The molecule has 0 saturated carbocycles. The third kappa shape index (κ3) is 3.19. The van der Waals surface area contributed by atoms with Crippen LogP contribution in [0.4, 0.5) is 5.69 Å². The number of nitrogens with one attached hydrogen (secondary N) is 1. The van der Waals surface area contributed by atoms with Gasteiger partial charge in [-0.3, -0.25) is 10.1 Å². The van der Waals surface area contributed by atoms with Crippen molar-refractivity contribution in [3.05, 3.63) is 38.9 Å². The number of nitrogens with zero attached hydrogens (tertiary/aromatic N) is 1. The highest BCUT2D eigenvalue weighted by Crippen LogP contribution is 2.26. The van der Waals surface area contributed by atoms with Gasteiger partial charge in [0.05, 0.1) is 21.6 Å². The van der Waals surface area contributed by atoms with Crippen molar-refractivity contribution in [1.82, 2.24) is 5.32 Å². The number of ether oxygens (including phenoxy) is 1. The molecule has 0 radical (unpaired) electrons. The van der Waals surface area contributed by atoms with Gasteiger partial charge in [0.25, 0.3) is 5.69 Å². The van der Waals surface area contributed by atoms with E-state index in [2.05, 4.69) is 5.32 Å². The first kappa shape index (κ1) is 13.3. The summed E-state index contributed by atoms with van der Waals surface area (Å²) in [7, 11) is 0. The second-order valence-corrected chi connectivity index (χ2v) is 4.67. The fourth-order valence-electron chi connectivity index (χ4n) is 2.06. The zero-order chi connectivity index (χ0) is 13.0. The van der Waals surface area contributed by atoms with Crippen LogP contribution in [-0.2, 0) is 11.3 Å². The molecule has 1 atom stereocenters. The van der Waals surface area contributed by atoms with E-state index in [0.29, 0.717) is 23.7 Å². The molecule has 6 heteroatoms. The Kier molecular flexibility index (Phi) is 4.52. The first-order valence-corrected chi connectivity index (χ1v) is 6.30. The summed E-state index contributed by atoms with van der Waals surface area (Å²) < 4.78 is 5.47. The van der Waals surface area contributed by atoms with E-state index in [9.17, 15) is 10.1 Å². The van der Waals surface area contributed by atoms with Crippen LogP contribution >= 0.6 is 11.6 Å². The number of nitro groups is 1. The Balaban J connectivity index is 1.97. The highest BCUT2D eigenvalue weighted by molar-refractivity contribution is 6.31. The summed E-state index contributed by atoms with van der Waals surface area (Å²) in [5, 5.41) is 14.5. The maximum absolute atomic E-state index is 10.9. The van der Waals surface area contributed by atoms with Crippen molar-refractivity contribution in [2.45, 2.75) is 25.5 Å². The molecular formula is C12H15ClN2O3.